The predicted octanol–water partition coefficient (Wildman–Crippen LogP) is 5.88. The molecule has 224 valence electrons. The minimum Gasteiger partial charge on any atom is -0.497 e. The highest BCUT2D eigenvalue weighted by atomic mass is 16.5. The first kappa shape index (κ1) is 29.7. The predicted molar refractivity (Wildman–Crippen MR) is 162 cm³/mol. The van der Waals surface area contributed by atoms with Crippen LogP contribution in [-0.2, 0) is 9.53 Å². The molecule has 1 heterocycles. The Labute approximate surface area is 250 Å². The third kappa shape index (κ3) is 7.52. The second-order valence-corrected chi connectivity index (χ2v) is 10.2. The van der Waals surface area contributed by atoms with Crippen LogP contribution in [0, 0.1) is 0 Å². The van der Waals surface area contributed by atoms with Gasteiger partial charge in [-0.1, -0.05) is 0 Å². The molecule has 3 aromatic carbocycles. The minimum atomic E-state index is -0.757. The van der Waals surface area contributed by atoms with Crippen molar-refractivity contribution in [3.8, 4) is 28.7 Å². The van der Waals surface area contributed by atoms with E-state index in [0.29, 0.717) is 51.9 Å². The number of rotatable bonds is 12. The van der Waals surface area contributed by atoms with E-state index >= 15 is 0 Å². The van der Waals surface area contributed by atoms with Crippen molar-refractivity contribution in [2.45, 2.75) is 44.2 Å². The van der Waals surface area contributed by atoms with Crippen LogP contribution in [0.15, 0.2) is 72.9 Å². The summed E-state index contributed by atoms with van der Waals surface area (Å²) in [5.41, 5.74) is 7.83. The Morgan fingerprint density at radius 3 is 2.33 bits per heavy atom. The van der Waals surface area contributed by atoms with Gasteiger partial charge in [0.15, 0.2) is 11.5 Å². The van der Waals surface area contributed by atoms with E-state index in [1.807, 2.05) is 0 Å². The zero-order valence-electron chi connectivity index (χ0n) is 24.2. The van der Waals surface area contributed by atoms with Crippen molar-refractivity contribution in [2.75, 3.05) is 26.1 Å². The van der Waals surface area contributed by atoms with E-state index in [1.54, 1.807) is 87.1 Å². The zero-order chi connectivity index (χ0) is 30.2. The van der Waals surface area contributed by atoms with Crippen LogP contribution in [0.1, 0.15) is 42.5 Å². The molecule has 1 aliphatic carbocycles. The lowest BCUT2D eigenvalue weighted by Crippen LogP contribution is -2.35. The summed E-state index contributed by atoms with van der Waals surface area (Å²) in [5.74, 6) is 2.18. The number of esters is 1. The van der Waals surface area contributed by atoms with Crippen molar-refractivity contribution in [2.24, 2.45) is 5.73 Å². The number of nitrogens with zero attached hydrogens (tertiary/aromatic N) is 1. The fraction of sp³-hybridized carbons (Fsp3) is 0.303. The Morgan fingerprint density at radius 1 is 0.907 bits per heavy atom. The number of benzene rings is 3. The van der Waals surface area contributed by atoms with Gasteiger partial charge in [-0.2, -0.15) is 0 Å². The highest BCUT2D eigenvalue weighted by Gasteiger charge is 2.23. The quantitative estimate of drug-likeness (QED) is 0.196. The summed E-state index contributed by atoms with van der Waals surface area (Å²) in [4.78, 5) is 29.3. The van der Waals surface area contributed by atoms with Gasteiger partial charge < -0.3 is 34.7 Å². The maximum atomic E-state index is 12.6. The smallest absolute Gasteiger partial charge is 0.323 e. The van der Waals surface area contributed by atoms with Gasteiger partial charge in [0.25, 0.3) is 5.91 Å². The number of nitrogens with two attached hydrogens (primary N) is 1. The summed E-state index contributed by atoms with van der Waals surface area (Å²) in [5, 5.41) is 3.60. The van der Waals surface area contributed by atoms with Gasteiger partial charge in [-0.05, 0) is 86.3 Å². The number of amides is 1. The average Bonchev–Trinajstić information content (AvgIpc) is 3.54. The van der Waals surface area contributed by atoms with E-state index in [4.69, 9.17) is 29.4 Å². The molecule has 3 N–H and O–H groups in total. The monoisotopic (exact) mass is 585 g/mol. The molecule has 10 heteroatoms. The lowest BCUT2D eigenvalue weighted by atomic mass is 10.1. The van der Waals surface area contributed by atoms with Gasteiger partial charge in [-0.3, -0.25) is 14.6 Å². The summed E-state index contributed by atoms with van der Waals surface area (Å²) < 4.78 is 28.3. The largest absolute Gasteiger partial charge is 0.497 e. The number of ether oxygens (including phenoxy) is 5. The van der Waals surface area contributed by atoms with E-state index in [2.05, 4.69) is 10.3 Å². The number of carbonyl (C=O) groups is 2. The van der Waals surface area contributed by atoms with Crippen LogP contribution in [0.2, 0.25) is 0 Å². The molecule has 1 atom stereocenters. The van der Waals surface area contributed by atoms with Gasteiger partial charge >= 0.3 is 5.97 Å². The Hall–Kier alpha value is -4.83. The molecular formula is C33H35N3O7. The van der Waals surface area contributed by atoms with Crippen molar-refractivity contribution in [3.05, 3.63) is 78.5 Å². The molecule has 1 saturated carbocycles. The molecule has 0 aliphatic heterocycles. The molecule has 1 aromatic heterocycles. The Kier molecular flexibility index (Phi) is 9.58. The van der Waals surface area contributed by atoms with E-state index < -0.39 is 12.0 Å². The molecule has 4 aromatic rings. The third-order valence-electron chi connectivity index (χ3n) is 7.25. The van der Waals surface area contributed by atoms with Crippen molar-refractivity contribution in [1.29, 1.82) is 0 Å². The number of hydrogen-bond donors (Lipinski definition) is 2. The van der Waals surface area contributed by atoms with Gasteiger partial charge in [0.05, 0.1) is 26.3 Å². The fourth-order valence-electron chi connectivity index (χ4n) is 4.84. The molecule has 0 bridgehead atoms. The molecule has 0 spiro atoms. The second-order valence-electron chi connectivity index (χ2n) is 10.2. The van der Waals surface area contributed by atoms with Crippen LogP contribution in [0.5, 0.6) is 28.7 Å². The van der Waals surface area contributed by atoms with Crippen LogP contribution in [0.4, 0.5) is 5.69 Å². The molecule has 0 unspecified atom stereocenters. The van der Waals surface area contributed by atoms with Gasteiger partial charge in [0.2, 0.25) is 0 Å². The summed E-state index contributed by atoms with van der Waals surface area (Å²) in [6, 6.07) is 18.5. The van der Waals surface area contributed by atoms with Gasteiger partial charge in [-0.25, -0.2) is 0 Å². The lowest BCUT2D eigenvalue weighted by Gasteiger charge is -2.17. The summed E-state index contributed by atoms with van der Waals surface area (Å²) in [6.07, 6.45) is 5.89. The lowest BCUT2D eigenvalue weighted by molar-refractivity contribution is -0.150. The van der Waals surface area contributed by atoms with Crippen LogP contribution >= 0.6 is 0 Å². The molecule has 1 aliphatic rings. The first-order chi connectivity index (χ1) is 20.9. The SMILES string of the molecule is COc1ccc(C(=O)Nc2ccc(Oc3ccnc4cc(OCC[C@H](N)C(=O)OC5CCCC5)c(OC)cc34)cc2)cc1. The zero-order valence-corrected chi connectivity index (χ0v) is 24.2. The van der Waals surface area contributed by atoms with Gasteiger partial charge in [0.1, 0.15) is 29.4 Å². The van der Waals surface area contributed by atoms with Gasteiger partial charge in [-0.15, -0.1) is 0 Å². The molecule has 0 saturated heterocycles. The molecular weight excluding hydrogens is 550 g/mol. The number of fused-ring (bicyclic) bond motifs is 1. The van der Waals surface area contributed by atoms with E-state index in [1.165, 1.54) is 0 Å². The number of pyridine rings is 1. The topological polar surface area (TPSA) is 131 Å². The number of anilines is 1. The molecule has 43 heavy (non-hydrogen) atoms. The summed E-state index contributed by atoms with van der Waals surface area (Å²) >= 11 is 0. The number of methoxy groups -OCH3 is 2. The van der Waals surface area contributed by atoms with E-state index in [-0.39, 0.29) is 18.6 Å². The first-order valence-corrected chi connectivity index (χ1v) is 14.2. The molecule has 1 amide bonds. The van der Waals surface area contributed by atoms with Crippen molar-refractivity contribution in [1.82, 2.24) is 4.98 Å². The normalized spacial score (nSPS) is 13.7. The van der Waals surface area contributed by atoms with E-state index in [0.717, 1.165) is 31.1 Å². The summed E-state index contributed by atoms with van der Waals surface area (Å²) in [7, 11) is 3.13. The molecule has 5 rings (SSSR count). The van der Waals surface area contributed by atoms with E-state index in [9.17, 15) is 9.59 Å². The second kappa shape index (κ2) is 13.9. The molecule has 10 nitrogen and oxygen atoms in total. The highest BCUT2D eigenvalue weighted by molar-refractivity contribution is 6.04. The minimum absolute atomic E-state index is 0.0218. The number of hydrogen-bond acceptors (Lipinski definition) is 9. The number of aromatic nitrogens is 1. The van der Waals surface area contributed by atoms with Crippen LogP contribution < -0.4 is 30.0 Å². The van der Waals surface area contributed by atoms with Crippen LogP contribution in [-0.4, -0.2) is 49.8 Å². The van der Waals surface area contributed by atoms with Crippen molar-refractivity contribution < 1.29 is 33.3 Å². The fourth-order valence-corrected chi connectivity index (χ4v) is 4.84. The number of nitrogens with one attached hydrogen (secondary N) is 1. The Bertz CT molecular complexity index is 1550. The average molecular weight is 586 g/mol. The Morgan fingerprint density at radius 2 is 1.63 bits per heavy atom. The van der Waals surface area contributed by atoms with Crippen molar-refractivity contribution in [3.63, 3.8) is 0 Å². The molecule has 1 fully saturated rings. The van der Waals surface area contributed by atoms with Crippen LogP contribution in [0.25, 0.3) is 10.9 Å². The first-order valence-electron chi connectivity index (χ1n) is 14.2. The van der Waals surface area contributed by atoms with Gasteiger partial charge in [0, 0.05) is 35.3 Å². The maximum Gasteiger partial charge on any atom is 0.323 e. The molecule has 0 radical (unpaired) electrons. The Balaban J connectivity index is 1.21. The standard InChI is InChI=1S/C33H35N3O7/c1-39-23-11-7-21(8-12-23)32(37)36-22-9-13-25(14-10-22)42-29-15-17-35-28-20-31(30(40-2)19-26(28)29)41-18-16-27(34)33(38)43-24-5-3-4-6-24/h7-15,17,19-20,24,27H,3-6,16,18,34H2,1-2H3,(H,36,37)/t27-/m0/s1. The van der Waals surface area contributed by atoms with Crippen molar-refractivity contribution >= 4 is 28.5 Å². The highest BCUT2D eigenvalue weighted by Crippen LogP contribution is 2.37. The number of carbonyl (C=O) groups excluding carboxylic acids is 2. The third-order valence-corrected chi connectivity index (χ3v) is 7.25. The van der Waals surface area contributed by atoms with Crippen LogP contribution in [0.3, 0.4) is 0 Å². The maximum absolute atomic E-state index is 12.6. The summed E-state index contributed by atoms with van der Waals surface area (Å²) in [6.45, 7) is 0.209.